The molecule has 0 saturated carbocycles. The van der Waals surface area contributed by atoms with Crippen molar-refractivity contribution in [2.75, 3.05) is 19.8 Å². The summed E-state index contributed by atoms with van der Waals surface area (Å²) in [6, 6.07) is 2.67. The number of rotatable bonds is 5. The first-order valence-electron chi connectivity index (χ1n) is 6.03. The van der Waals surface area contributed by atoms with E-state index in [1.807, 2.05) is 0 Å². The van der Waals surface area contributed by atoms with E-state index in [0.717, 1.165) is 28.8 Å². The predicted octanol–water partition coefficient (Wildman–Crippen LogP) is 0.587. The lowest BCUT2D eigenvalue weighted by Crippen LogP contribution is -2.50. The number of hydrogen-bond donors (Lipinski definition) is 1. The lowest BCUT2D eigenvalue weighted by atomic mass is 10.1. The lowest BCUT2D eigenvalue weighted by molar-refractivity contribution is 0.273. The van der Waals surface area contributed by atoms with Crippen LogP contribution in [-0.2, 0) is 19.9 Å². The summed E-state index contributed by atoms with van der Waals surface area (Å²) >= 11 is 0. The van der Waals surface area contributed by atoms with Crippen LogP contribution in [0.5, 0.6) is 0 Å². The number of hydrogen-bond acceptors (Lipinski definition) is 5. The van der Waals surface area contributed by atoms with E-state index in [4.69, 9.17) is 5.73 Å². The number of likely N-dealkylation sites (N-methyl/N-ethyl adjacent to an activating group) is 1. The minimum absolute atomic E-state index is 0.0239. The molecule has 1 aromatic rings. The molecule has 0 aliphatic heterocycles. The number of benzene rings is 1. The zero-order chi connectivity index (χ0) is 16.6. The van der Waals surface area contributed by atoms with E-state index in [1.54, 1.807) is 13.8 Å². The number of nitrogens with two attached hydrogens (primary N) is 1. The molecular formula is C12H19FN2O4S2. The van der Waals surface area contributed by atoms with Crippen molar-refractivity contribution in [2.45, 2.75) is 29.2 Å². The van der Waals surface area contributed by atoms with Crippen LogP contribution in [0.2, 0.25) is 0 Å². The van der Waals surface area contributed by atoms with Gasteiger partial charge < -0.3 is 5.73 Å². The van der Waals surface area contributed by atoms with E-state index in [0.29, 0.717) is 0 Å². The Morgan fingerprint density at radius 2 is 1.76 bits per heavy atom. The minimum atomic E-state index is -4.21. The quantitative estimate of drug-likeness (QED) is 0.792. The Morgan fingerprint density at radius 1 is 1.24 bits per heavy atom. The van der Waals surface area contributed by atoms with Gasteiger partial charge in [0, 0.05) is 25.4 Å². The van der Waals surface area contributed by atoms with E-state index in [1.165, 1.54) is 7.05 Å². The SMILES string of the molecule is CN(C(C)(C)CN)S(=O)(=O)c1cc(S(C)(=O)=O)ccc1F. The van der Waals surface area contributed by atoms with Crippen LogP contribution in [0.25, 0.3) is 0 Å². The van der Waals surface area contributed by atoms with Crippen molar-refractivity contribution in [1.82, 2.24) is 4.31 Å². The van der Waals surface area contributed by atoms with Crippen molar-refractivity contribution >= 4 is 19.9 Å². The highest BCUT2D eigenvalue weighted by atomic mass is 32.2. The van der Waals surface area contributed by atoms with E-state index < -0.39 is 36.1 Å². The molecular weight excluding hydrogens is 319 g/mol. The maximum Gasteiger partial charge on any atom is 0.246 e. The van der Waals surface area contributed by atoms with E-state index in [9.17, 15) is 21.2 Å². The van der Waals surface area contributed by atoms with Crippen LogP contribution in [0.4, 0.5) is 4.39 Å². The predicted molar refractivity (Wildman–Crippen MR) is 77.6 cm³/mol. The Kier molecular flexibility index (Phi) is 4.84. The molecule has 0 spiro atoms. The molecule has 21 heavy (non-hydrogen) atoms. The smallest absolute Gasteiger partial charge is 0.246 e. The van der Waals surface area contributed by atoms with Gasteiger partial charge >= 0.3 is 0 Å². The van der Waals surface area contributed by atoms with Crippen molar-refractivity contribution in [3.63, 3.8) is 0 Å². The molecule has 1 rings (SSSR count). The number of sulfone groups is 1. The first-order valence-corrected chi connectivity index (χ1v) is 9.36. The fourth-order valence-electron chi connectivity index (χ4n) is 1.51. The normalized spacial score (nSPS) is 13.7. The third-order valence-electron chi connectivity index (χ3n) is 3.32. The van der Waals surface area contributed by atoms with Gasteiger partial charge in [0.15, 0.2) is 9.84 Å². The molecule has 0 amide bonds. The van der Waals surface area contributed by atoms with E-state index >= 15 is 0 Å². The maximum absolute atomic E-state index is 13.9. The second kappa shape index (κ2) is 5.64. The number of nitrogens with zero attached hydrogens (tertiary/aromatic N) is 1. The largest absolute Gasteiger partial charge is 0.329 e. The van der Waals surface area contributed by atoms with Gasteiger partial charge in [-0.25, -0.2) is 21.2 Å². The van der Waals surface area contributed by atoms with Crippen molar-refractivity contribution < 1.29 is 21.2 Å². The summed E-state index contributed by atoms with van der Waals surface area (Å²) in [5.74, 6) is -1.01. The second-order valence-corrected chi connectivity index (χ2v) is 9.31. The highest BCUT2D eigenvalue weighted by Crippen LogP contribution is 2.26. The van der Waals surface area contributed by atoms with E-state index in [2.05, 4.69) is 0 Å². The molecule has 0 aliphatic rings. The Bertz CT molecular complexity index is 743. The number of sulfonamides is 1. The van der Waals surface area contributed by atoms with E-state index in [-0.39, 0.29) is 11.4 Å². The topological polar surface area (TPSA) is 97.5 Å². The summed E-state index contributed by atoms with van der Waals surface area (Å²) < 4.78 is 62.7. The molecule has 0 aromatic heterocycles. The average molecular weight is 338 g/mol. The molecule has 0 saturated heterocycles. The van der Waals surface area contributed by atoms with Crippen LogP contribution < -0.4 is 5.73 Å². The van der Waals surface area contributed by atoms with Gasteiger partial charge in [-0.3, -0.25) is 0 Å². The number of halogens is 1. The first kappa shape index (κ1) is 18.0. The molecule has 0 bridgehead atoms. The van der Waals surface area contributed by atoms with Gasteiger partial charge in [0.25, 0.3) is 0 Å². The van der Waals surface area contributed by atoms with Gasteiger partial charge in [-0.15, -0.1) is 0 Å². The standard InChI is InChI=1S/C12H19FN2O4S2/c1-12(2,8-14)15(3)21(18,19)11-7-9(20(4,16)17)5-6-10(11)13/h5-7H,8,14H2,1-4H3. The second-order valence-electron chi connectivity index (χ2n) is 5.35. The highest BCUT2D eigenvalue weighted by Gasteiger charge is 2.35. The van der Waals surface area contributed by atoms with Gasteiger partial charge in [0.05, 0.1) is 4.90 Å². The minimum Gasteiger partial charge on any atom is -0.329 e. The average Bonchev–Trinajstić information content (AvgIpc) is 2.36. The molecule has 9 heteroatoms. The molecule has 0 unspecified atom stereocenters. The van der Waals surface area contributed by atoms with Crippen molar-refractivity contribution in [1.29, 1.82) is 0 Å². The fourth-order valence-corrected chi connectivity index (χ4v) is 3.85. The van der Waals surface area contributed by atoms with Crippen molar-refractivity contribution in [3.05, 3.63) is 24.0 Å². The van der Waals surface area contributed by atoms with Crippen LogP contribution in [0, 0.1) is 5.82 Å². The Balaban J connectivity index is 3.53. The van der Waals surface area contributed by atoms with Gasteiger partial charge in [0.2, 0.25) is 10.0 Å². The fraction of sp³-hybridized carbons (Fsp3) is 0.500. The van der Waals surface area contributed by atoms with Crippen LogP contribution in [-0.4, -0.2) is 46.5 Å². The van der Waals surface area contributed by atoms with Crippen LogP contribution >= 0.6 is 0 Å². The Morgan fingerprint density at radius 3 is 2.19 bits per heavy atom. The Hall–Kier alpha value is -1.03. The first-order chi connectivity index (χ1) is 9.34. The summed E-state index contributed by atoms with van der Waals surface area (Å²) in [7, 11) is -6.58. The van der Waals surface area contributed by atoms with Crippen molar-refractivity contribution in [3.8, 4) is 0 Å². The monoisotopic (exact) mass is 338 g/mol. The molecule has 0 heterocycles. The third-order valence-corrected chi connectivity index (χ3v) is 6.52. The van der Waals surface area contributed by atoms with Gasteiger partial charge in [0.1, 0.15) is 10.7 Å². The molecule has 0 aliphatic carbocycles. The Labute approximate surface area is 124 Å². The highest BCUT2D eigenvalue weighted by molar-refractivity contribution is 7.91. The zero-order valence-electron chi connectivity index (χ0n) is 12.3. The summed E-state index contributed by atoms with van der Waals surface area (Å²) in [5, 5.41) is 0. The van der Waals surface area contributed by atoms with Crippen LogP contribution in [0.15, 0.2) is 28.0 Å². The van der Waals surface area contributed by atoms with Crippen molar-refractivity contribution in [2.24, 2.45) is 5.73 Å². The lowest BCUT2D eigenvalue weighted by Gasteiger charge is -2.33. The molecule has 1 aromatic carbocycles. The molecule has 120 valence electrons. The summed E-state index contributed by atoms with van der Waals surface area (Å²) in [5.41, 5.74) is 4.59. The van der Waals surface area contributed by atoms with Gasteiger partial charge in [-0.1, -0.05) is 0 Å². The summed E-state index contributed by atoms with van der Waals surface area (Å²) in [6.45, 7) is 3.20. The zero-order valence-corrected chi connectivity index (χ0v) is 13.9. The van der Waals surface area contributed by atoms with Crippen LogP contribution in [0.1, 0.15) is 13.8 Å². The van der Waals surface area contributed by atoms with Crippen LogP contribution in [0.3, 0.4) is 0 Å². The summed E-state index contributed by atoms with van der Waals surface area (Å²) in [4.78, 5) is -0.948. The van der Waals surface area contributed by atoms with Gasteiger partial charge in [-0.05, 0) is 32.0 Å². The van der Waals surface area contributed by atoms with Gasteiger partial charge in [-0.2, -0.15) is 4.31 Å². The molecule has 0 radical (unpaired) electrons. The third kappa shape index (κ3) is 3.60. The molecule has 0 fully saturated rings. The molecule has 0 atom stereocenters. The maximum atomic E-state index is 13.9. The molecule has 2 N–H and O–H groups in total. The molecule has 6 nitrogen and oxygen atoms in total. The summed E-state index contributed by atoms with van der Waals surface area (Å²) in [6.07, 6.45) is 0.921.